The maximum atomic E-state index is 13.0. The summed E-state index contributed by atoms with van der Waals surface area (Å²) in [6, 6.07) is 10.6. The molecule has 162 valence electrons. The molecule has 0 radical (unpaired) electrons. The number of aryl methyl sites for hydroxylation is 2. The lowest BCUT2D eigenvalue weighted by molar-refractivity contribution is -0.118. The van der Waals surface area contributed by atoms with Crippen molar-refractivity contribution >= 4 is 56.8 Å². The molecule has 1 amide bonds. The molecule has 0 spiro atoms. The Kier molecular flexibility index (Phi) is 9.09. The van der Waals surface area contributed by atoms with Crippen LogP contribution in [0.15, 0.2) is 41.3 Å². The van der Waals surface area contributed by atoms with E-state index in [0.717, 1.165) is 32.4 Å². The molecule has 0 aliphatic heterocycles. The first-order chi connectivity index (χ1) is 13.8. The molecule has 0 saturated carbocycles. The van der Waals surface area contributed by atoms with E-state index in [9.17, 15) is 9.18 Å². The van der Waals surface area contributed by atoms with Crippen molar-refractivity contribution in [3.05, 3.63) is 53.3 Å². The number of halogens is 2. The average Bonchev–Trinajstić information content (AvgIpc) is 3.13. The molecule has 0 unspecified atom stereocenters. The van der Waals surface area contributed by atoms with Crippen LogP contribution in [0.25, 0.3) is 10.2 Å². The van der Waals surface area contributed by atoms with Gasteiger partial charge in [-0.15, -0.1) is 24.2 Å². The van der Waals surface area contributed by atoms with Gasteiger partial charge in [0.25, 0.3) is 0 Å². The molecule has 1 heterocycles. The molecule has 0 aliphatic carbocycles. The zero-order valence-electron chi connectivity index (χ0n) is 17.6. The van der Waals surface area contributed by atoms with Gasteiger partial charge < -0.3 is 4.90 Å². The summed E-state index contributed by atoms with van der Waals surface area (Å²) >= 11 is 3.15. The predicted octanol–water partition coefficient (Wildman–Crippen LogP) is 5.55. The number of nitrogens with zero attached hydrogens (tertiary/aromatic N) is 3. The molecular weight excluding hydrogens is 441 g/mol. The van der Waals surface area contributed by atoms with Crippen LogP contribution < -0.4 is 4.90 Å². The number of likely N-dealkylation sites (N-methyl/N-ethyl adjacent to an activating group) is 1. The molecule has 8 heteroatoms. The molecule has 0 fully saturated rings. The smallest absolute Gasteiger partial charge is 0.229 e. The Balaban J connectivity index is 0.00000320. The van der Waals surface area contributed by atoms with Gasteiger partial charge in [-0.05, 0) is 63.3 Å². The Morgan fingerprint density at radius 3 is 2.37 bits per heavy atom. The predicted molar refractivity (Wildman–Crippen MR) is 129 cm³/mol. The van der Waals surface area contributed by atoms with Crippen molar-refractivity contribution in [3.63, 3.8) is 0 Å². The van der Waals surface area contributed by atoms with E-state index in [2.05, 4.69) is 30.9 Å². The fourth-order valence-electron chi connectivity index (χ4n) is 2.91. The Labute approximate surface area is 191 Å². The minimum atomic E-state index is -0.248. The third kappa shape index (κ3) is 6.17. The molecule has 0 bridgehead atoms. The highest BCUT2D eigenvalue weighted by Gasteiger charge is 2.20. The van der Waals surface area contributed by atoms with E-state index in [-0.39, 0.29) is 24.1 Å². The van der Waals surface area contributed by atoms with Gasteiger partial charge in [0.2, 0.25) is 5.91 Å². The third-order valence-corrected chi connectivity index (χ3v) is 6.86. The van der Waals surface area contributed by atoms with E-state index < -0.39 is 0 Å². The van der Waals surface area contributed by atoms with Crippen molar-refractivity contribution in [1.82, 2.24) is 9.88 Å². The Hall–Kier alpha value is -1.67. The van der Waals surface area contributed by atoms with Crippen LogP contribution in [0.5, 0.6) is 0 Å². The lowest BCUT2D eigenvalue weighted by atomic mass is 10.1. The Bertz CT molecular complexity index is 953. The average molecular weight is 468 g/mol. The SMILES string of the molecule is Cc1ccc(C)c2sc(N(CCN(C)C)C(=O)CCSc3ccc(F)cc3)nc12.Cl. The molecule has 3 aromatic rings. The van der Waals surface area contributed by atoms with Gasteiger partial charge in [0.15, 0.2) is 5.13 Å². The first kappa shape index (κ1) is 24.6. The number of carbonyl (C=O) groups is 1. The zero-order valence-corrected chi connectivity index (χ0v) is 20.1. The molecule has 1 aromatic heterocycles. The van der Waals surface area contributed by atoms with Crippen LogP contribution in [0.1, 0.15) is 17.5 Å². The highest BCUT2D eigenvalue weighted by atomic mass is 35.5. The van der Waals surface area contributed by atoms with E-state index in [1.54, 1.807) is 35.2 Å². The van der Waals surface area contributed by atoms with Gasteiger partial charge in [0, 0.05) is 30.2 Å². The van der Waals surface area contributed by atoms with Crippen molar-refractivity contribution in [2.24, 2.45) is 0 Å². The number of hydrogen-bond acceptors (Lipinski definition) is 5. The van der Waals surface area contributed by atoms with Crippen LogP contribution in [0.3, 0.4) is 0 Å². The van der Waals surface area contributed by atoms with Gasteiger partial charge in [-0.2, -0.15) is 0 Å². The second-order valence-corrected chi connectivity index (χ2v) is 9.42. The molecule has 0 N–H and O–H groups in total. The zero-order chi connectivity index (χ0) is 21.0. The summed E-state index contributed by atoms with van der Waals surface area (Å²) in [5, 5.41) is 0.760. The van der Waals surface area contributed by atoms with Crippen molar-refractivity contribution in [2.45, 2.75) is 25.2 Å². The Morgan fingerprint density at radius 1 is 1.07 bits per heavy atom. The lowest BCUT2D eigenvalue weighted by Crippen LogP contribution is -2.36. The van der Waals surface area contributed by atoms with E-state index in [4.69, 9.17) is 4.98 Å². The molecule has 30 heavy (non-hydrogen) atoms. The number of fused-ring (bicyclic) bond motifs is 1. The molecule has 0 aliphatic rings. The number of thioether (sulfide) groups is 1. The highest BCUT2D eigenvalue weighted by Crippen LogP contribution is 2.33. The highest BCUT2D eigenvalue weighted by molar-refractivity contribution is 7.99. The summed E-state index contributed by atoms with van der Waals surface area (Å²) in [7, 11) is 4.00. The van der Waals surface area contributed by atoms with Crippen LogP contribution in [0, 0.1) is 19.7 Å². The fraction of sp³-hybridized carbons (Fsp3) is 0.364. The molecule has 4 nitrogen and oxygen atoms in total. The topological polar surface area (TPSA) is 36.4 Å². The first-order valence-electron chi connectivity index (χ1n) is 9.55. The van der Waals surface area contributed by atoms with Crippen LogP contribution in [0.4, 0.5) is 9.52 Å². The first-order valence-corrected chi connectivity index (χ1v) is 11.4. The second-order valence-electron chi connectivity index (χ2n) is 7.27. The monoisotopic (exact) mass is 467 g/mol. The minimum Gasteiger partial charge on any atom is -0.308 e. The number of benzene rings is 2. The largest absolute Gasteiger partial charge is 0.308 e. The van der Waals surface area contributed by atoms with Crippen molar-refractivity contribution < 1.29 is 9.18 Å². The number of thiazole rings is 1. The van der Waals surface area contributed by atoms with Gasteiger partial charge in [-0.1, -0.05) is 23.5 Å². The summed E-state index contributed by atoms with van der Waals surface area (Å²) in [5.41, 5.74) is 3.29. The van der Waals surface area contributed by atoms with Gasteiger partial charge in [-0.25, -0.2) is 9.37 Å². The Morgan fingerprint density at radius 2 is 1.73 bits per heavy atom. The fourth-order valence-corrected chi connectivity index (χ4v) is 4.91. The van der Waals surface area contributed by atoms with Gasteiger partial charge in [-0.3, -0.25) is 9.69 Å². The second kappa shape index (κ2) is 11.1. The summed E-state index contributed by atoms with van der Waals surface area (Å²) in [6.07, 6.45) is 0.406. The summed E-state index contributed by atoms with van der Waals surface area (Å²) < 4.78 is 14.2. The van der Waals surface area contributed by atoms with Crippen LogP contribution in [-0.2, 0) is 4.79 Å². The van der Waals surface area contributed by atoms with Crippen LogP contribution in [-0.4, -0.2) is 48.7 Å². The number of anilines is 1. The van der Waals surface area contributed by atoms with Crippen LogP contribution in [0.2, 0.25) is 0 Å². The normalized spacial score (nSPS) is 11.0. The number of aromatic nitrogens is 1. The number of carbonyl (C=O) groups excluding carboxylic acids is 1. The van der Waals surface area contributed by atoms with E-state index in [1.807, 2.05) is 19.0 Å². The number of hydrogen-bond donors (Lipinski definition) is 0. The van der Waals surface area contributed by atoms with E-state index >= 15 is 0 Å². The molecular formula is C22H27ClFN3OS2. The summed E-state index contributed by atoms with van der Waals surface area (Å²) in [6.45, 7) is 5.50. The van der Waals surface area contributed by atoms with Gasteiger partial charge >= 0.3 is 0 Å². The van der Waals surface area contributed by atoms with Crippen molar-refractivity contribution in [3.8, 4) is 0 Å². The van der Waals surface area contributed by atoms with Gasteiger partial charge in [0.1, 0.15) is 5.82 Å². The van der Waals surface area contributed by atoms with Crippen molar-refractivity contribution in [2.75, 3.05) is 37.8 Å². The van der Waals surface area contributed by atoms with E-state index in [1.165, 1.54) is 17.7 Å². The standard InChI is InChI=1S/C22H26FN3OS2.ClH/c1-15-5-6-16(2)21-20(15)24-22(29-21)26(13-12-25(3)4)19(27)11-14-28-18-9-7-17(23)8-10-18;/h5-10H,11-14H2,1-4H3;1H. The number of rotatable bonds is 8. The third-order valence-electron chi connectivity index (χ3n) is 4.63. The summed E-state index contributed by atoms with van der Waals surface area (Å²) in [4.78, 5) is 22.7. The van der Waals surface area contributed by atoms with Gasteiger partial charge in [0.05, 0.1) is 10.2 Å². The lowest BCUT2D eigenvalue weighted by Gasteiger charge is -2.22. The molecule has 0 atom stereocenters. The quantitative estimate of drug-likeness (QED) is 0.407. The molecule has 3 rings (SSSR count). The minimum absolute atomic E-state index is 0. The van der Waals surface area contributed by atoms with Crippen LogP contribution >= 0.6 is 35.5 Å². The molecule has 0 saturated heterocycles. The van der Waals surface area contributed by atoms with Crippen molar-refractivity contribution in [1.29, 1.82) is 0 Å². The van der Waals surface area contributed by atoms with E-state index in [0.29, 0.717) is 18.7 Å². The number of amides is 1. The molecule has 2 aromatic carbocycles. The summed E-state index contributed by atoms with van der Waals surface area (Å²) in [5.74, 6) is 0.462. The maximum absolute atomic E-state index is 13.0. The maximum Gasteiger partial charge on any atom is 0.229 e.